The van der Waals surface area contributed by atoms with E-state index in [0.717, 1.165) is 37.0 Å². The third-order valence-electron chi connectivity index (χ3n) is 4.26. The summed E-state index contributed by atoms with van der Waals surface area (Å²) in [5, 5.41) is 0. The Morgan fingerprint density at radius 3 is 2.55 bits per heavy atom. The molecule has 1 aliphatic carbocycles. The number of carbonyl (C=O) groups excluding carboxylic acids is 1. The van der Waals surface area contributed by atoms with Crippen molar-refractivity contribution < 1.29 is 9.53 Å². The Kier molecular flexibility index (Phi) is 4.65. The normalized spacial score (nSPS) is 22.4. The molecule has 0 bridgehead atoms. The zero-order valence-electron chi connectivity index (χ0n) is 12.6. The predicted molar refractivity (Wildman–Crippen MR) is 80.1 cm³/mol. The lowest BCUT2D eigenvalue weighted by Gasteiger charge is -2.33. The van der Waals surface area contributed by atoms with Gasteiger partial charge in [0.25, 0.3) is 5.91 Å². The molecule has 4 nitrogen and oxygen atoms in total. The van der Waals surface area contributed by atoms with Crippen molar-refractivity contribution >= 4 is 5.91 Å². The van der Waals surface area contributed by atoms with Crippen LogP contribution in [0.1, 0.15) is 41.6 Å². The average molecular weight is 276 g/mol. The Morgan fingerprint density at radius 1 is 1.30 bits per heavy atom. The number of benzene rings is 1. The van der Waals surface area contributed by atoms with Crippen LogP contribution in [-0.4, -0.2) is 37.0 Å². The second-order valence-electron chi connectivity index (χ2n) is 5.67. The molecule has 1 fully saturated rings. The van der Waals surface area contributed by atoms with E-state index in [0.29, 0.717) is 17.6 Å². The molecule has 20 heavy (non-hydrogen) atoms. The third-order valence-corrected chi connectivity index (χ3v) is 4.26. The number of methoxy groups -OCH3 is 1. The molecule has 0 aromatic heterocycles. The number of ether oxygens (including phenoxy) is 1. The van der Waals surface area contributed by atoms with Crippen LogP contribution in [0.2, 0.25) is 0 Å². The zero-order chi connectivity index (χ0) is 14.7. The lowest BCUT2D eigenvalue weighted by atomic mass is 9.90. The summed E-state index contributed by atoms with van der Waals surface area (Å²) >= 11 is 0. The number of hydrogen-bond acceptors (Lipinski definition) is 3. The van der Waals surface area contributed by atoms with Gasteiger partial charge in [-0.15, -0.1) is 0 Å². The van der Waals surface area contributed by atoms with Gasteiger partial charge < -0.3 is 15.4 Å². The molecule has 2 rings (SSSR count). The fourth-order valence-electron chi connectivity index (χ4n) is 2.81. The SMILES string of the molecule is COc1cc(C(=O)N(C)C2CCC(N)CC2)ccc1C. The average Bonchev–Trinajstić information content (AvgIpc) is 2.47. The van der Waals surface area contributed by atoms with Crippen LogP contribution in [-0.2, 0) is 0 Å². The summed E-state index contributed by atoms with van der Waals surface area (Å²) in [5.41, 5.74) is 7.64. The highest BCUT2D eigenvalue weighted by Crippen LogP contribution is 2.24. The van der Waals surface area contributed by atoms with Crippen LogP contribution < -0.4 is 10.5 Å². The van der Waals surface area contributed by atoms with E-state index < -0.39 is 0 Å². The minimum absolute atomic E-state index is 0.0590. The van der Waals surface area contributed by atoms with Crippen LogP contribution in [0.4, 0.5) is 0 Å². The molecule has 1 aromatic carbocycles. The van der Waals surface area contributed by atoms with Gasteiger partial charge in [-0.1, -0.05) is 6.07 Å². The molecule has 2 N–H and O–H groups in total. The number of hydrogen-bond donors (Lipinski definition) is 1. The Morgan fingerprint density at radius 2 is 1.95 bits per heavy atom. The standard InChI is InChI=1S/C16H24N2O2/c1-11-4-5-12(10-15(11)20-3)16(19)18(2)14-8-6-13(17)7-9-14/h4-5,10,13-14H,6-9,17H2,1-3H3. The number of aryl methyl sites for hydroxylation is 1. The fraction of sp³-hybridized carbons (Fsp3) is 0.562. The van der Waals surface area contributed by atoms with Crippen LogP contribution in [0.15, 0.2) is 18.2 Å². The van der Waals surface area contributed by atoms with Crippen LogP contribution in [0.5, 0.6) is 5.75 Å². The largest absolute Gasteiger partial charge is 0.496 e. The van der Waals surface area contributed by atoms with Gasteiger partial charge in [0.1, 0.15) is 5.75 Å². The number of rotatable bonds is 3. The number of carbonyl (C=O) groups is 1. The van der Waals surface area contributed by atoms with Crippen molar-refractivity contribution in [1.82, 2.24) is 4.90 Å². The van der Waals surface area contributed by atoms with E-state index in [1.807, 2.05) is 37.1 Å². The van der Waals surface area contributed by atoms with Gasteiger partial charge in [-0.2, -0.15) is 0 Å². The Bertz CT molecular complexity index is 479. The smallest absolute Gasteiger partial charge is 0.253 e. The number of nitrogens with zero attached hydrogens (tertiary/aromatic N) is 1. The number of nitrogens with two attached hydrogens (primary N) is 1. The maximum absolute atomic E-state index is 12.5. The lowest BCUT2D eigenvalue weighted by molar-refractivity contribution is 0.0689. The molecule has 0 heterocycles. The summed E-state index contributed by atoms with van der Waals surface area (Å²) < 4.78 is 5.29. The van der Waals surface area contributed by atoms with Gasteiger partial charge in [0.05, 0.1) is 7.11 Å². The lowest BCUT2D eigenvalue weighted by Crippen LogP contribution is -2.41. The molecule has 1 aliphatic rings. The van der Waals surface area contributed by atoms with E-state index in [2.05, 4.69) is 0 Å². The zero-order valence-corrected chi connectivity index (χ0v) is 12.6. The molecule has 110 valence electrons. The molecule has 1 saturated carbocycles. The Labute approximate surface area is 120 Å². The van der Waals surface area contributed by atoms with Gasteiger partial charge in [-0.25, -0.2) is 0 Å². The van der Waals surface area contributed by atoms with E-state index in [1.54, 1.807) is 7.11 Å². The van der Waals surface area contributed by atoms with Crippen molar-refractivity contribution in [3.05, 3.63) is 29.3 Å². The van der Waals surface area contributed by atoms with E-state index in [-0.39, 0.29) is 5.91 Å². The van der Waals surface area contributed by atoms with Gasteiger partial charge >= 0.3 is 0 Å². The Balaban J connectivity index is 2.10. The van der Waals surface area contributed by atoms with Crippen molar-refractivity contribution in [2.45, 2.75) is 44.7 Å². The van der Waals surface area contributed by atoms with Crippen molar-refractivity contribution in [1.29, 1.82) is 0 Å². The summed E-state index contributed by atoms with van der Waals surface area (Å²) in [6.07, 6.45) is 3.98. The monoisotopic (exact) mass is 276 g/mol. The summed E-state index contributed by atoms with van der Waals surface area (Å²) in [7, 11) is 3.51. The van der Waals surface area contributed by atoms with Gasteiger partial charge in [0.15, 0.2) is 0 Å². The van der Waals surface area contributed by atoms with E-state index in [4.69, 9.17) is 10.5 Å². The molecule has 0 radical (unpaired) electrons. The van der Waals surface area contributed by atoms with Crippen molar-refractivity contribution in [2.24, 2.45) is 5.73 Å². The quantitative estimate of drug-likeness (QED) is 0.922. The van der Waals surface area contributed by atoms with E-state index in [1.165, 1.54) is 0 Å². The highest BCUT2D eigenvalue weighted by Gasteiger charge is 2.25. The minimum atomic E-state index is 0.0590. The molecule has 0 saturated heterocycles. The van der Waals surface area contributed by atoms with Crippen molar-refractivity contribution in [3.63, 3.8) is 0 Å². The van der Waals surface area contributed by atoms with Crippen LogP contribution in [0.3, 0.4) is 0 Å². The molecule has 0 atom stereocenters. The Hall–Kier alpha value is -1.55. The fourth-order valence-corrected chi connectivity index (χ4v) is 2.81. The van der Waals surface area contributed by atoms with Crippen LogP contribution in [0, 0.1) is 6.92 Å². The van der Waals surface area contributed by atoms with Gasteiger partial charge in [-0.05, 0) is 50.3 Å². The van der Waals surface area contributed by atoms with Crippen LogP contribution >= 0.6 is 0 Å². The molecule has 1 aromatic rings. The summed E-state index contributed by atoms with van der Waals surface area (Å²) in [4.78, 5) is 14.4. The number of amides is 1. The van der Waals surface area contributed by atoms with Crippen molar-refractivity contribution in [3.8, 4) is 5.75 Å². The molecular weight excluding hydrogens is 252 g/mol. The molecular formula is C16H24N2O2. The topological polar surface area (TPSA) is 55.6 Å². The maximum Gasteiger partial charge on any atom is 0.253 e. The molecule has 0 spiro atoms. The van der Waals surface area contributed by atoms with E-state index in [9.17, 15) is 4.79 Å². The van der Waals surface area contributed by atoms with Crippen molar-refractivity contribution in [2.75, 3.05) is 14.2 Å². The first-order chi connectivity index (χ1) is 9.52. The highest BCUT2D eigenvalue weighted by atomic mass is 16.5. The second-order valence-corrected chi connectivity index (χ2v) is 5.67. The van der Waals surface area contributed by atoms with Gasteiger partial charge in [0, 0.05) is 24.7 Å². The second kappa shape index (κ2) is 6.27. The molecule has 0 unspecified atom stereocenters. The maximum atomic E-state index is 12.5. The summed E-state index contributed by atoms with van der Waals surface area (Å²) in [5.74, 6) is 0.818. The first-order valence-electron chi connectivity index (χ1n) is 7.20. The minimum Gasteiger partial charge on any atom is -0.496 e. The third kappa shape index (κ3) is 3.12. The predicted octanol–water partition coefficient (Wildman–Crippen LogP) is 2.35. The van der Waals surface area contributed by atoms with Gasteiger partial charge in [0.2, 0.25) is 0 Å². The van der Waals surface area contributed by atoms with E-state index >= 15 is 0 Å². The van der Waals surface area contributed by atoms with Gasteiger partial charge in [-0.3, -0.25) is 4.79 Å². The summed E-state index contributed by atoms with van der Waals surface area (Å²) in [6, 6.07) is 6.22. The molecule has 4 heteroatoms. The molecule has 1 amide bonds. The van der Waals surface area contributed by atoms with Crippen LogP contribution in [0.25, 0.3) is 0 Å². The first kappa shape index (κ1) is 14.9. The molecule has 0 aliphatic heterocycles. The first-order valence-corrected chi connectivity index (χ1v) is 7.20. The highest BCUT2D eigenvalue weighted by molar-refractivity contribution is 5.94. The summed E-state index contributed by atoms with van der Waals surface area (Å²) in [6.45, 7) is 1.97.